The Morgan fingerprint density at radius 1 is 1.39 bits per heavy atom. The highest BCUT2D eigenvalue weighted by Gasteiger charge is 2.18. The fourth-order valence-corrected chi connectivity index (χ4v) is 2.60. The summed E-state index contributed by atoms with van der Waals surface area (Å²) < 4.78 is 32.3. The molecule has 1 heterocycles. The summed E-state index contributed by atoms with van der Waals surface area (Å²) in [5.41, 5.74) is 0. The van der Waals surface area contributed by atoms with Crippen LogP contribution in [0, 0.1) is 0 Å². The van der Waals surface area contributed by atoms with Crippen LogP contribution in [0.3, 0.4) is 0 Å². The number of ether oxygens (including phenoxy) is 1. The third-order valence-electron chi connectivity index (χ3n) is 2.94. The quantitative estimate of drug-likeness (QED) is 0.519. The van der Waals surface area contributed by atoms with E-state index >= 15 is 0 Å². The Labute approximate surface area is 110 Å². The van der Waals surface area contributed by atoms with Crippen molar-refractivity contribution in [2.45, 2.75) is 0 Å². The van der Waals surface area contributed by atoms with E-state index in [1.807, 2.05) is 0 Å². The van der Waals surface area contributed by atoms with Gasteiger partial charge in [0.25, 0.3) is 10.2 Å². The Kier molecular flexibility index (Phi) is 7.05. The van der Waals surface area contributed by atoms with E-state index in [4.69, 9.17) is 4.74 Å². The number of hydrogen-bond acceptors (Lipinski definition) is 5. The highest BCUT2D eigenvalue weighted by atomic mass is 32.2. The Bertz CT molecular complexity index is 317. The molecule has 18 heavy (non-hydrogen) atoms. The van der Waals surface area contributed by atoms with E-state index in [0.29, 0.717) is 19.7 Å². The van der Waals surface area contributed by atoms with Crippen molar-refractivity contribution >= 4 is 10.2 Å². The lowest BCUT2D eigenvalue weighted by Gasteiger charge is -2.28. The lowest BCUT2D eigenvalue weighted by molar-refractivity contribution is 0.203. The van der Waals surface area contributed by atoms with Gasteiger partial charge in [0.2, 0.25) is 0 Å². The molecule has 1 saturated heterocycles. The summed E-state index contributed by atoms with van der Waals surface area (Å²) in [6, 6.07) is 0. The minimum absolute atomic E-state index is 0.302. The molecule has 108 valence electrons. The number of rotatable bonds is 8. The summed E-state index contributed by atoms with van der Waals surface area (Å²) in [6.45, 7) is 5.86. The second-order valence-electron chi connectivity index (χ2n) is 4.31. The summed E-state index contributed by atoms with van der Waals surface area (Å²) in [6.07, 6.45) is 0. The monoisotopic (exact) mass is 280 g/mol. The zero-order chi connectivity index (χ0) is 13.4. The number of methoxy groups -OCH3 is 1. The lowest BCUT2D eigenvalue weighted by atomic mass is 10.3. The number of piperazine rings is 1. The van der Waals surface area contributed by atoms with Crippen LogP contribution < -0.4 is 10.0 Å². The van der Waals surface area contributed by atoms with E-state index < -0.39 is 10.2 Å². The zero-order valence-corrected chi connectivity index (χ0v) is 12.0. The van der Waals surface area contributed by atoms with Crippen molar-refractivity contribution in [3.8, 4) is 0 Å². The van der Waals surface area contributed by atoms with Gasteiger partial charge in [-0.2, -0.15) is 17.4 Å². The van der Waals surface area contributed by atoms with E-state index in [9.17, 15) is 8.42 Å². The Balaban J connectivity index is 2.27. The summed E-state index contributed by atoms with van der Waals surface area (Å²) in [5, 5.41) is 3.27. The van der Waals surface area contributed by atoms with Gasteiger partial charge in [-0.3, -0.25) is 4.90 Å². The number of nitrogens with zero attached hydrogens (tertiary/aromatic N) is 2. The molecule has 0 radical (unpaired) electrons. The molecule has 0 atom stereocenters. The van der Waals surface area contributed by atoms with Crippen LogP contribution in [-0.2, 0) is 14.9 Å². The molecule has 8 heteroatoms. The molecular weight excluding hydrogens is 256 g/mol. The van der Waals surface area contributed by atoms with Crippen LogP contribution >= 0.6 is 0 Å². The van der Waals surface area contributed by atoms with Gasteiger partial charge in [0.05, 0.1) is 6.61 Å². The van der Waals surface area contributed by atoms with Gasteiger partial charge in [-0.15, -0.1) is 0 Å². The lowest BCUT2D eigenvalue weighted by Crippen LogP contribution is -2.48. The molecule has 0 spiro atoms. The van der Waals surface area contributed by atoms with Gasteiger partial charge >= 0.3 is 0 Å². The molecule has 2 N–H and O–H groups in total. The molecule has 1 aliphatic heterocycles. The van der Waals surface area contributed by atoms with Crippen molar-refractivity contribution in [1.82, 2.24) is 19.2 Å². The van der Waals surface area contributed by atoms with Crippen LogP contribution in [0.2, 0.25) is 0 Å². The second-order valence-corrected chi connectivity index (χ2v) is 6.17. The molecule has 1 rings (SSSR count). The predicted octanol–water partition coefficient (Wildman–Crippen LogP) is -1.70. The van der Waals surface area contributed by atoms with E-state index in [0.717, 1.165) is 32.7 Å². The summed E-state index contributed by atoms with van der Waals surface area (Å²) >= 11 is 0. The largest absolute Gasteiger partial charge is 0.383 e. The van der Waals surface area contributed by atoms with Crippen LogP contribution in [0.1, 0.15) is 0 Å². The van der Waals surface area contributed by atoms with Crippen LogP contribution in [0.15, 0.2) is 0 Å². The minimum Gasteiger partial charge on any atom is -0.383 e. The minimum atomic E-state index is -3.37. The standard InChI is InChI=1S/C10H24N4O3S/c1-13(18(15,16)12-5-10-17-2)8-9-14-6-3-11-4-7-14/h11-12H,3-10H2,1-2H3. The Morgan fingerprint density at radius 3 is 2.67 bits per heavy atom. The van der Waals surface area contributed by atoms with Crippen molar-refractivity contribution in [3.05, 3.63) is 0 Å². The van der Waals surface area contributed by atoms with E-state index in [2.05, 4.69) is 14.9 Å². The normalized spacial score (nSPS) is 18.4. The zero-order valence-electron chi connectivity index (χ0n) is 11.2. The van der Waals surface area contributed by atoms with Crippen molar-refractivity contribution in [2.75, 3.05) is 66.6 Å². The van der Waals surface area contributed by atoms with E-state index in [-0.39, 0.29) is 0 Å². The molecule has 0 bridgehead atoms. The van der Waals surface area contributed by atoms with Crippen molar-refractivity contribution < 1.29 is 13.2 Å². The fourth-order valence-electron chi connectivity index (χ4n) is 1.72. The van der Waals surface area contributed by atoms with Crippen molar-refractivity contribution in [2.24, 2.45) is 0 Å². The molecule has 0 aromatic carbocycles. The topological polar surface area (TPSA) is 73.9 Å². The molecule has 0 amide bonds. The maximum absolute atomic E-state index is 11.8. The molecule has 0 aromatic rings. The molecule has 0 aliphatic carbocycles. The number of hydrogen-bond donors (Lipinski definition) is 2. The number of likely N-dealkylation sites (N-methyl/N-ethyl adjacent to an activating group) is 1. The first-order valence-electron chi connectivity index (χ1n) is 6.19. The van der Waals surface area contributed by atoms with Crippen molar-refractivity contribution in [3.63, 3.8) is 0 Å². The number of nitrogens with one attached hydrogen (secondary N) is 2. The van der Waals surface area contributed by atoms with E-state index in [1.54, 1.807) is 14.2 Å². The molecule has 0 unspecified atom stereocenters. The van der Waals surface area contributed by atoms with Gasteiger partial charge in [0.15, 0.2) is 0 Å². The molecule has 1 aliphatic rings. The summed E-state index contributed by atoms with van der Waals surface area (Å²) in [4.78, 5) is 2.26. The third kappa shape index (κ3) is 5.59. The van der Waals surface area contributed by atoms with Gasteiger partial charge in [0.1, 0.15) is 0 Å². The van der Waals surface area contributed by atoms with Gasteiger partial charge in [-0.05, 0) is 0 Å². The Morgan fingerprint density at radius 2 is 2.06 bits per heavy atom. The molecular formula is C10H24N4O3S. The molecule has 0 saturated carbocycles. The second kappa shape index (κ2) is 8.03. The molecule has 7 nitrogen and oxygen atoms in total. The average molecular weight is 280 g/mol. The average Bonchev–Trinajstić information content (AvgIpc) is 2.37. The van der Waals surface area contributed by atoms with Crippen LogP contribution in [-0.4, -0.2) is 84.2 Å². The van der Waals surface area contributed by atoms with Crippen molar-refractivity contribution in [1.29, 1.82) is 0 Å². The van der Waals surface area contributed by atoms with Gasteiger partial charge in [-0.25, -0.2) is 0 Å². The maximum atomic E-state index is 11.8. The van der Waals surface area contributed by atoms with Crippen LogP contribution in [0.25, 0.3) is 0 Å². The first-order chi connectivity index (χ1) is 8.56. The van der Waals surface area contributed by atoms with Crippen LogP contribution in [0.4, 0.5) is 0 Å². The highest BCUT2D eigenvalue weighted by Crippen LogP contribution is 1.97. The summed E-state index contributed by atoms with van der Waals surface area (Å²) in [5.74, 6) is 0. The van der Waals surface area contributed by atoms with Gasteiger partial charge in [-0.1, -0.05) is 0 Å². The third-order valence-corrected chi connectivity index (χ3v) is 4.51. The van der Waals surface area contributed by atoms with Gasteiger partial charge in [0, 0.05) is 60.0 Å². The molecule has 1 fully saturated rings. The molecule has 0 aromatic heterocycles. The van der Waals surface area contributed by atoms with E-state index in [1.165, 1.54) is 4.31 Å². The first-order valence-corrected chi connectivity index (χ1v) is 7.63. The fraction of sp³-hybridized carbons (Fsp3) is 1.00. The smallest absolute Gasteiger partial charge is 0.279 e. The predicted molar refractivity (Wildman–Crippen MR) is 70.7 cm³/mol. The Hall–Kier alpha value is -0.250. The maximum Gasteiger partial charge on any atom is 0.279 e. The first kappa shape index (κ1) is 15.8. The SMILES string of the molecule is COCCNS(=O)(=O)N(C)CCN1CCNCC1. The highest BCUT2D eigenvalue weighted by molar-refractivity contribution is 7.87. The van der Waals surface area contributed by atoms with Crippen LogP contribution in [0.5, 0.6) is 0 Å². The summed E-state index contributed by atoms with van der Waals surface area (Å²) in [7, 11) is -0.234. The van der Waals surface area contributed by atoms with Gasteiger partial charge < -0.3 is 10.1 Å².